The molecule has 0 spiro atoms. The molecule has 1 unspecified atom stereocenters. The van der Waals surface area contributed by atoms with Crippen molar-refractivity contribution in [3.05, 3.63) is 17.0 Å². The zero-order valence-electron chi connectivity index (χ0n) is 10.8. The Morgan fingerprint density at radius 1 is 1.63 bits per heavy atom. The topological polar surface area (TPSA) is 81.3 Å². The average Bonchev–Trinajstić information content (AvgIpc) is 2.38. The van der Waals surface area contributed by atoms with Crippen LogP contribution in [-0.4, -0.2) is 36.1 Å². The fourth-order valence-corrected chi connectivity index (χ4v) is 2.42. The summed E-state index contributed by atoms with van der Waals surface area (Å²) in [6.07, 6.45) is 1.74. The van der Waals surface area contributed by atoms with Crippen molar-refractivity contribution >= 4 is 23.3 Å². The van der Waals surface area contributed by atoms with Crippen LogP contribution in [0.5, 0.6) is 0 Å². The lowest BCUT2D eigenvalue weighted by Gasteiger charge is -2.32. The maximum atomic E-state index is 11.3. The van der Waals surface area contributed by atoms with Crippen LogP contribution in [0, 0.1) is 5.92 Å². The van der Waals surface area contributed by atoms with Gasteiger partial charge >= 0.3 is 0 Å². The third-order valence-electron chi connectivity index (χ3n) is 3.15. The van der Waals surface area contributed by atoms with Gasteiger partial charge in [0.05, 0.1) is 5.92 Å². The lowest BCUT2D eigenvalue weighted by molar-refractivity contribution is -0.122. The van der Waals surface area contributed by atoms with E-state index < -0.39 is 0 Å². The predicted octanol–water partition coefficient (Wildman–Crippen LogP) is 0.978. The Labute approximate surface area is 116 Å². The molecule has 7 heteroatoms. The standard InChI is InChI=1S/C12H17ClN4O2/c1-19-7-10-15-9(13)5-11(16-10)17-4-2-3-8(6-17)12(14)18/h5,8H,2-4,6-7H2,1H3,(H2,14,18). The zero-order chi connectivity index (χ0) is 13.8. The first-order chi connectivity index (χ1) is 9.10. The first kappa shape index (κ1) is 14.0. The number of carbonyl (C=O) groups excluding carboxylic acids is 1. The van der Waals surface area contributed by atoms with E-state index in [4.69, 9.17) is 22.1 Å². The van der Waals surface area contributed by atoms with E-state index in [0.717, 1.165) is 25.2 Å². The van der Waals surface area contributed by atoms with Gasteiger partial charge in [-0.1, -0.05) is 11.6 Å². The molecule has 1 aliphatic rings. The summed E-state index contributed by atoms with van der Waals surface area (Å²) in [5.74, 6) is 0.861. The van der Waals surface area contributed by atoms with Gasteiger partial charge in [0.25, 0.3) is 0 Å². The van der Waals surface area contributed by atoms with Gasteiger partial charge in [0.1, 0.15) is 17.6 Å². The van der Waals surface area contributed by atoms with E-state index in [2.05, 4.69) is 9.97 Å². The molecule has 1 aromatic rings. The Balaban J connectivity index is 2.18. The Kier molecular flexibility index (Phi) is 4.55. The number of nitrogens with zero attached hydrogens (tertiary/aromatic N) is 3. The van der Waals surface area contributed by atoms with Crippen molar-refractivity contribution in [1.29, 1.82) is 0 Å². The number of halogens is 1. The van der Waals surface area contributed by atoms with Crippen LogP contribution >= 0.6 is 11.6 Å². The number of primary amides is 1. The van der Waals surface area contributed by atoms with E-state index in [1.54, 1.807) is 13.2 Å². The van der Waals surface area contributed by atoms with Crippen LogP contribution in [0.4, 0.5) is 5.82 Å². The molecule has 6 nitrogen and oxygen atoms in total. The van der Waals surface area contributed by atoms with Crippen molar-refractivity contribution in [3.63, 3.8) is 0 Å². The van der Waals surface area contributed by atoms with Crippen LogP contribution in [0.3, 0.4) is 0 Å². The summed E-state index contributed by atoms with van der Waals surface area (Å²) >= 11 is 5.98. The number of rotatable bonds is 4. The number of amides is 1. The molecule has 1 fully saturated rings. The largest absolute Gasteiger partial charge is 0.377 e. The normalized spacial score (nSPS) is 19.5. The molecule has 19 heavy (non-hydrogen) atoms. The van der Waals surface area contributed by atoms with Gasteiger partial charge in [-0.25, -0.2) is 9.97 Å². The Morgan fingerprint density at radius 2 is 2.42 bits per heavy atom. The zero-order valence-corrected chi connectivity index (χ0v) is 11.6. The summed E-state index contributed by atoms with van der Waals surface area (Å²) in [5.41, 5.74) is 5.37. The van der Waals surface area contributed by atoms with Gasteiger partial charge in [0.2, 0.25) is 5.91 Å². The quantitative estimate of drug-likeness (QED) is 0.834. The van der Waals surface area contributed by atoms with Crippen molar-refractivity contribution < 1.29 is 9.53 Å². The monoisotopic (exact) mass is 284 g/mol. The molecule has 0 aliphatic carbocycles. The summed E-state index contributed by atoms with van der Waals surface area (Å²) < 4.78 is 5.01. The molecule has 2 heterocycles. The van der Waals surface area contributed by atoms with Gasteiger partial charge in [-0.15, -0.1) is 0 Å². The summed E-state index contributed by atoms with van der Waals surface area (Å²) in [4.78, 5) is 21.8. The van der Waals surface area contributed by atoms with Crippen LogP contribution in [0.1, 0.15) is 18.7 Å². The maximum absolute atomic E-state index is 11.3. The molecule has 2 rings (SSSR count). The third-order valence-corrected chi connectivity index (χ3v) is 3.34. The second kappa shape index (κ2) is 6.16. The van der Waals surface area contributed by atoms with Crippen molar-refractivity contribution in [1.82, 2.24) is 9.97 Å². The number of carbonyl (C=O) groups is 1. The molecule has 1 atom stereocenters. The van der Waals surface area contributed by atoms with Crippen LogP contribution in [0.15, 0.2) is 6.07 Å². The predicted molar refractivity (Wildman–Crippen MR) is 71.9 cm³/mol. The first-order valence-electron chi connectivity index (χ1n) is 6.17. The SMILES string of the molecule is COCc1nc(Cl)cc(N2CCCC(C(N)=O)C2)n1. The highest BCUT2D eigenvalue weighted by Gasteiger charge is 2.25. The lowest BCUT2D eigenvalue weighted by Crippen LogP contribution is -2.41. The van der Waals surface area contributed by atoms with Gasteiger partial charge in [0.15, 0.2) is 5.82 Å². The van der Waals surface area contributed by atoms with Crippen molar-refractivity contribution in [2.45, 2.75) is 19.4 Å². The number of piperidine rings is 1. The fraction of sp³-hybridized carbons (Fsp3) is 0.583. The highest BCUT2D eigenvalue weighted by atomic mass is 35.5. The fourth-order valence-electron chi connectivity index (χ4n) is 2.22. The number of hydrogen-bond acceptors (Lipinski definition) is 5. The Hall–Kier alpha value is -1.40. The van der Waals surface area contributed by atoms with Crippen molar-refractivity contribution in [3.8, 4) is 0 Å². The molecule has 0 aromatic carbocycles. The minimum absolute atomic E-state index is 0.131. The minimum atomic E-state index is -0.262. The number of nitrogens with two attached hydrogens (primary N) is 1. The van der Waals surface area contributed by atoms with Crippen molar-refractivity contribution in [2.24, 2.45) is 11.7 Å². The van der Waals surface area contributed by atoms with E-state index in [0.29, 0.717) is 24.1 Å². The van der Waals surface area contributed by atoms with Crippen LogP contribution in [0.25, 0.3) is 0 Å². The van der Waals surface area contributed by atoms with E-state index in [1.807, 2.05) is 4.90 Å². The number of methoxy groups -OCH3 is 1. The van der Waals surface area contributed by atoms with Gasteiger partial charge < -0.3 is 15.4 Å². The van der Waals surface area contributed by atoms with Crippen LogP contribution in [0.2, 0.25) is 5.15 Å². The van der Waals surface area contributed by atoms with Crippen LogP contribution in [-0.2, 0) is 16.1 Å². The number of anilines is 1. The minimum Gasteiger partial charge on any atom is -0.377 e. The van der Waals surface area contributed by atoms with E-state index >= 15 is 0 Å². The van der Waals surface area contributed by atoms with E-state index in [9.17, 15) is 4.79 Å². The van der Waals surface area contributed by atoms with Gasteiger partial charge in [-0.3, -0.25) is 4.79 Å². The van der Waals surface area contributed by atoms with Crippen LogP contribution < -0.4 is 10.6 Å². The van der Waals surface area contributed by atoms with E-state index in [-0.39, 0.29) is 11.8 Å². The smallest absolute Gasteiger partial charge is 0.222 e. The second-order valence-corrected chi connectivity index (χ2v) is 4.97. The molecular weight excluding hydrogens is 268 g/mol. The molecule has 0 saturated carbocycles. The maximum Gasteiger partial charge on any atom is 0.222 e. The highest BCUT2D eigenvalue weighted by Crippen LogP contribution is 2.23. The number of ether oxygens (including phenoxy) is 1. The Morgan fingerprint density at radius 3 is 3.11 bits per heavy atom. The molecule has 2 N–H and O–H groups in total. The molecule has 0 radical (unpaired) electrons. The molecule has 1 saturated heterocycles. The summed E-state index contributed by atoms with van der Waals surface area (Å²) in [6.45, 7) is 1.72. The molecule has 0 bridgehead atoms. The molecule has 104 valence electrons. The third kappa shape index (κ3) is 3.54. The molecule has 1 aromatic heterocycles. The summed E-state index contributed by atoms with van der Waals surface area (Å²) in [7, 11) is 1.58. The lowest BCUT2D eigenvalue weighted by atomic mass is 9.97. The van der Waals surface area contributed by atoms with Crippen molar-refractivity contribution in [2.75, 3.05) is 25.1 Å². The molecule has 1 amide bonds. The first-order valence-corrected chi connectivity index (χ1v) is 6.54. The number of hydrogen-bond donors (Lipinski definition) is 1. The second-order valence-electron chi connectivity index (χ2n) is 4.59. The summed E-state index contributed by atoms with van der Waals surface area (Å²) in [6, 6.07) is 1.70. The summed E-state index contributed by atoms with van der Waals surface area (Å²) in [5, 5.41) is 0.373. The number of aromatic nitrogens is 2. The van der Waals surface area contributed by atoms with E-state index in [1.165, 1.54) is 0 Å². The van der Waals surface area contributed by atoms with Gasteiger partial charge in [-0.05, 0) is 12.8 Å². The molecular formula is C12H17ClN4O2. The average molecular weight is 285 g/mol. The molecule has 1 aliphatic heterocycles. The Bertz CT molecular complexity index is 469. The van der Waals surface area contributed by atoms with Gasteiger partial charge in [-0.2, -0.15) is 0 Å². The van der Waals surface area contributed by atoms with Gasteiger partial charge in [0, 0.05) is 26.3 Å². The highest BCUT2D eigenvalue weighted by molar-refractivity contribution is 6.29.